The third-order valence-electron chi connectivity index (χ3n) is 12.1. The summed E-state index contributed by atoms with van der Waals surface area (Å²) in [5, 5.41) is 5.22. The van der Waals surface area contributed by atoms with E-state index in [0.717, 1.165) is 11.4 Å². The molecule has 0 saturated carbocycles. The highest BCUT2D eigenvalue weighted by atomic mass is 32.1. The van der Waals surface area contributed by atoms with Gasteiger partial charge >= 0.3 is 0 Å². The zero-order chi connectivity index (χ0) is 38.2. The van der Waals surface area contributed by atoms with Crippen molar-refractivity contribution in [3.63, 3.8) is 0 Å². The molecule has 9 aromatic carbocycles. The summed E-state index contributed by atoms with van der Waals surface area (Å²) in [5.41, 5.74) is 13.2. The predicted octanol–water partition coefficient (Wildman–Crippen LogP) is 15.9. The number of rotatable bonds is 6. The van der Waals surface area contributed by atoms with E-state index in [-0.39, 0.29) is 0 Å². The van der Waals surface area contributed by atoms with Gasteiger partial charge in [0.05, 0.1) is 15.8 Å². The van der Waals surface area contributed by atoms with Crippen molar-refractivity contribution in [1.82, 2.24) is 0 Å². The summed E-state index contributed by atoms with van der Waals surface area (Å²) in [6.45, 7) is 0. The van der Waals surface area contributed by atoms with Crippen LogP contribution in [0.5, 0.6) is 0 Å². The van der Waals surface area contributed by atoms with Crippen molar-refractivity contribution in [1.29, 1.82) is 0 Å². The average molecular weight is 774 g/mol. The van der Waals surface area contributed by atoms with Crippen LogP contribution in [-0.2, 0) is 5.41 Å². The van der Waals surface area contributed by atoms with Crippen LogP contribution in [0.25, 0.3) is 62.6 Å². The first-order valence-corrected chi connectivity index (χ1v) is 21.5. The Morgan fingerprint density at radius 2 is 0.879 bits per heavy atom. The standard InChI is InChI=1S/C55H35NS2/c1-3-17-37(18-4-1)55(38-19-5-2-6-20-38)48-28-10-7-22-42(48)47-35-40(32-33-49(47)55)56(50-29-15-27-46-44-24-9-12-31-52(44)58-54(46)50)39-21-13-16-36(34-39)41-25-14-26-45-43-23-8-11-30-51(43)57-53(41)45/h1-35H. The van der Waals surface area contributed by atoms with Gasteiger partial charge in [-0.2, -0.15) is 0 Å². The molecule has 0 unspecified atom stereocenters. The Balaban J connectivity index is 1.12. The van der Waals surface area contributed by atoms with Crippen LogP contribution in [0.3, 0.4) is 0 Å². The molecular weight excluding hydrogens is 739 g/mol. The topological polar surface area (TPSA) is 3.24 Å². The predicted molar refractivity (Wildman–Crippen MR) is 250 cm³/mol. The van der Waals surface area contributed by atoms with Crippen molar-refractivity contribution in [2.24, 2.45) is 0 Å². The maximum atomic E-state index is 2.50. The van der Waals surface area contributed by atoms with Gasteiger partial charge in [-0.1, -0.05) is 170 Å². The van der Waals surface area contributed by atoms with Crippen LogP contribution in [0.4, 0.5) is 17.1 Å². The molecule has 11 aromatic rings. The minimum Gasteiger partial charge on any atom is -0.309 e. The number of hydrogen-bond donors (Lipinski definition) is 0. The fourth-order valence-electron chi connectivity index (χ4n) is 9.70. The van der Waals surface area contributed by atoms with Crippen LogP contribution in [0.1, 0.15) is 22.3 Å². The van der Waals surface area contributed by atoms with E-state index in [2.05, 4.69) is 217 Å². The number of fused-ring (bicyclic) bond motifs is 9. The fourth-order valence-corrected chi connectivity index (χ4v) is 12.1. The van der Waals surface area contributed by atoms with E-state index < -0.39 is 5.41 Å². The highest BCUT2D eigenvalue weighted by molar-refractivity contribution is 7.26. The van der Waals surface area contributed by atoms with Gasteiger partial charge in [0.25, 0.3) is 0 Å². The Morgan fingerprint density at radius 1 is 0.345 bits per heavy atom. The lowest BCUT2D eigenvalue weighted by molar-refractivity contribution is 0.768. The molecule has 0 amide bonds. The maximum absolute atomic E-state index is 2.50. The molecular formula is C55H35NS2. The molecule has 0 radical (unpaired) electrons. The molecule has 0 fully saturated rings. The van der Waals surface area contributed by atoms with E-state index in [0.29, 0.717) is 0 Å². The van der Waals surface area contributed by atoms with Crippen molar-refractivity contribution in [3.8, 4) is 22.3 Å². The van der Waals surface area contributed by atoms with E-state index in [1.165, 1.54) is 90.5 Å². The summed E-state index contributed by atoms with van der Waals surface area (Å²) < 4.78 is 5.23. The summed E-state index contributed by atoms with van der Waals surface area (Å²) >= 11 is 3.76. The molecule has 0 atom stereocenters. The Labute approximate surface area is 345 Å². The van der Waals surface area contributed by atoms with Crippen molar-refractivity contribution < 1.29 is 0 Å². The van der Waals surface area contributed by atoms with Gasteiger partial charge in [-0.15, -0.1) is 22.7 Å². The van der Waals surface area contributed by atoms with Gasteiger partial charge in [-0.05, 0) is 87.0 Å². The first-order valence-electron chi connectivity index (χ1n) is 19.8. The summed E-state index contributed by atoms with van der Waals surface area (Å²) in [7, 11) is 0. The number of hydrogen-bond acceptors (Lipinski definition) is 3. The van der Waals surface area contributed by atoms with E-state index in [4.69, 9.17) is 0 Å². The van der Waals surface area contributed by atoms with Crippen LogP contribution in [-0.4, -0.2) is 0 Å². The molecule has 0 N–H and O–H groups in total. The number of benzene rings is 9. The normalized spacial score (nSPS) is 13.0. The summed E-state index contributed by atoms with van der Waals surface area (Å²) in [6.07, 6.45) is 0. The van der Waals surface area contributed by atoms with Gasteiger partial charge in [0.2, 0.25) is 0 Å². The van der Waals surface area contributed by atoms with E-state index in [9.17, 15) is 0 Å². The molecule has 1 aliphatic carbocycles. The minimum absolute atomic E-state index is 0.452. The largest absolute Gasteiger partial charge is 0.309 e. The highest BCUT2D eigenvalue weighted by Gasteiger charge is 2.46. The third kappa shape index (κ3) is 4.87. The van der Waals surface area contributed by atoms with Crippen LogP contribution in [0.2, 0.25) is 0 Å². The zero-order valence-electron chi connectivity index (χ0n) is 31.5. The van der Waals surface area contributed by atoms with Gasteiger partial charge in [0.15, 0.2) is 0 Å². The first-order chi connectivity index (χ1) is 28.8. The van der Waals surface area contributed by atoms with Gasteiger partial charge in [-0.3, -0.25) is 0 Å². The Hall–Kier alpha value is -6.78. The van der Waals surface area contributed by atoms with Gasteiger partial charge < -0.3 is 4.90 Å². The van der Waals surface area contributed by atoms with Crippen molar-refractivity contribution >= 4 is 80.1 Å². The van der Waals surface area contributed by atoms with Crippen molar-refractivity contribution in [3.05, 3.63) is 235 Å². The maximum Gasteiger partial charge on any atom is 0.0713 e. The van der Waals surface area contributed by atoms with Gasteiger partial charge in [0.1, 0.15) is 0 Å². The first kappa shape index (κ1) is 33.4. The summed E-state index contributed by atoms with van der Waals surface area (Å²) in [4.78, 5) is 2.50. The molecule has 0 saturated heterocycles. The Bertz CT molecular complexity index is 3320. The van der Waals surface area contributed by atoms with Crippen LogP contribution in [0.15, 0.2) is 212 Å². The number of nitrogens with zero attached hydrogens (tertiary/aromatic N) is 1. The average Bonchev–Trinajstić information content (AvgIpc) is 3.96. The lowest BCUT2D eigenvalue weighted by Crippen LogP contribution is -2.28. The van der Waals surface area contributed by atoms with Gasteiger partial charge in [0, 0.05) is 47.0 Å². The lowest BCUT2D eigenvalue weighted by Gasteiger charge is -2.34. The van der Waals surface area contributed by atoms with Gasteiger partial charge in [-0.25, -0.2) is 0 Å². The Kier molecular flexibility index (Phi) is 7.56. The second-order valence-electron chi connectivity index (χ2n) is 15.2. The van der Waals surface area contributed by atoms with E-state index in [1.54, 1.807) is 0 Å². The molecule has 0 aliphatic heterocycles. The molecule has 0 bridgehead atoms. The van der Waals surface area contributed by atoms with Crippen molar-refractivity contribution in [2.45, 2.75) is 5.41 Å². The van der Waals surface area contributed by atoms with E-state index in [1.807, 2.05) is 22.7 Å². The van der Waals surface area contributed by atoms with E-state index >= 15 is 0 Å². The SMILES string of the molecule is c1ccc(C2(c3ccccc3)c3ccccc3-c3cc(N(c4cccc(-c5cccc6c5sc5ccccc56)c4)c4cccc5c4sc4ccccc45)ccc32)cc1. The summed E-state index contributed by atoms with van der Waals surface area (Å²) in [6, 6.07) is 78.7. The number of anilines is 3. The fraction of sp³-hybridized carbons (Fsp3) is 0.0182. The minimum atomic E-state index is -0.452. The molecule has 1 nitrogen and oxygen atoms in total. The molecule has 3 heteroatoms. The smallest absolute Gasteiger partial charge is 0.0713 e. The number of thiophene rings is 2. The second kappa shape index (κ2) is 13.1. The third-order valence-corrected chi connectivity index (χ3v) is 14.6. The molecule has 12 rings (SSSR count). The van der Waals surface area contributed by atoms with Crippen LogP contribution >= 0.6 is 22.7 Å². The summed E-state index contributed by atoms with van der Waals surface area (Å²) in [5.74, 6) is 0. The quantitative estimate of drug-likeness (QED) is 0.163. The van der Waals surface area contributed by atoms with Crippen LogP contribution < -0.4 is 4.90 Å². The monoisotopic (exact) mass is 773 g/mol. The van der Waals surface area contributed by atoms with Crippen molar-refractivity contribution in [2.75, 3.05) is 4.90 Å². The molecule has 1 aliphatic rings. The molecule has 2 heterocycles. The molecule has 272 valence electrons. The second-order valence-corrected chi connectivity index (χ2v) is 17.3. The highest BCUT2D eigenvalue weighted by Crippen LogP contribution is 2.57. The zero-order valence-corrected chi connectivity index (χ0v) is 33.1. The van der Waals surface area contributed by atoms with Crippen LogP contribution in [0, 0.1) is 0 Å². The molecule has 58 heavy (non-hydrogen) atoms. The lowest BCUT2D eigenvalue weighted by atomic mass is 9.68. The molecule has 0 spiro atoms. The Morgan fingerprint density at radius 3 is 1.62 bits per heavy atom. The molecule has 2 aromatic heterocycles.